The number of phosphoric acid groups is 3. The van der Waals surface area contributed by atoms with Gasteiger partial charge in [0.1, 0.15) is 24.6 Å². The number of anilines is 1. The summed E-state index contributed by atoms with van der Waals surface area (Å²) in [6, 6.07) is 0. The number of aromatic nitrogens is 4. The van der Waals surface area contributed by atoms with Gasteiger partial charge in [-0.25, -0.2) is 28.6 Å². The zero-order valence-electron chi connectivity index (χ0n) is 28.4. The third-order valence-electron chi connectivity index (χ3n) is 7.80. The van der Waals surface area contributed by atoms with Crippen LogP contribution in [0, 0.1) is 0 Å². The second-order valence-electron chi connectivity index (χ2n) is 11.9. The van der Waals surface area contributed by atoms with Gasteiger partial charge in [0.2, 0.25) is 11.8 Å². The number of fused-ring (bicyclic) bond motifs is 1. The molecule has 0 radical (unpaired) electrons. The second-order valence-corrected chi connectivity index (χ2v) is 17.1. The number of ether oxygens (including phenoxy) is 1. The van der Waals surface area contributed by atoms with Gasteiger partial charge in [0.15, 0.2) is 23.2 Å². The molecule has 2 unspecified atom stereocenters. The predicted octanol–water partition coefficient (Wildman–Crippen LogP) is 1.36. The summed E-state index contributed by atoms with van der Waals surface area (Å²) < 4.78 is 53.7. The van der Waals surface area contributed by atoms with Crippen molar-refractivity contribution in [3.05, 3.63) is 12.7 Å². The number of imidazole rings is 1. The molecule has 7 N–H and O–H groups in total. The molecular formula is C26H45IN7O15P3. The summed E-state index contributed by atoms with van der Waals surface area (Å²) in [5.41, 5.74) is 0.592. The van der Waals surface area contributed by atoms with Gasteiger partial charge in [0, 0.05) is 40.2 Å². The molecule has 1 aliphatic heterocycles. The molecular weight excluding hydrogens is 870 g/mol. The van der Waals surface area contributed by atoms with Gasteiger partial charge in [0.25, 0.3) is 0 Å². The Morgan fingerprint density at radius 2 is 1.60 bits per heavy atom. The minimum Gasteiger partial charge on any atom is -0.387 e. The summed E-state index contributed by atoms with van der Waals surface area (Å²) >= 11 is 2.01. The van der Waals surface area contributed by atoms with Gasteiger partial charge in [0.05, 0.1) is 17.4 Å². The van der Waals surface area contributed by atoms with Crippen molar-refractivity contribution in [1.82, 2.24) is 29.7 Å². The fourth-order valence-electron chi connectivity index (χ4n) is 5.20. The van der Waals surface area contributed by atoms with E-state index in [2.05, 4.69) is 33.4 Å². The minimum absolute atomic E-state index is 0.0171. The molecule has 0 aliphatic carbocycles. The van der Waals surface area contributed by atoms with E-state index in [1.165, 1.54) is 17.2 Å². The van der Waals surface area contributed by atoms with Crippen molar-refractivity contribution in [1.29, 1.82) is 0 Å². The number of phosphoric ester groups is 1. The van der Waals surface area contributed by atoms with E-state index in [-0.39, 0.29) is 17.5 Å². The van der Waals surface area contributed by atoms with Crippen molar-refractivity contribution in [3.8, 4) is 0 Å². The molecule has 3 heterocycles. The van der Waals surface area contributed by atoms with Crippen LogP contribution in [0.4, 0.5) is 5.82 Å². The number of hydrogen-bond donors (Lipinski definition) is 7. The highest BCUT2D eigenvalue weighted by molar-refractivity contribution is 14.1. The standard InChI is InChI=1S/C26H45IN7O15P3/c1-32(20(36)10-6-5-7-11-28-19(35)14-27)12-8-3-4-9-13-33(2)24-21-25(30-16-29-24)34(17-31-21)26-23(38)22(37)18(47-26)15-46-51(42,43)49-52(44,45)48-50(39,40)41/h16-18,22-23,26,37-38H,3-15H2,1-2H3,(H,28,35)(H,42,43)(H,44,45)(H2,39,40,41)/t18-,22-,23-,26-/m1/s1. The van der Waals surface area contributed by atoms with E-state index in [0.29, 0.717) is 41.8 Å². The number of carbonyl (C=O) groups is 2. The molecule has 3 rings (SSSR count). The molecule has 1 aliphatic rings. The van der Waals surface area contributed by atoms with Crippen LogP contribution in [-0.2, 0) is 41.2 Å². The highest BCUT2D eigenvalue weighted by Gasteiger charge is 2.47. The van der Waals surface area contributed by atoms with Gasteiger partial charge >= 0.3 is 23.5 Å². The zero-order chi connectivity index (χ0) is 38.7. The van der Waals surface area contributed by atoms with Crippen LogP contribution in [0.25, 0.3) is 11.2 Å². The van der Waals surface area contributed by atoms with Crippen molar-refractivity contribution in [3.63, 3.8) is 0 Å². The smallest absolute Gasteiger partial charge is 0.387 e. The summed E-state index contributed by atoms with van der Waals surface area (Å²) in [5.74, 6) is 0.606. The second kappa shape index (κ2) is 20.3. The first-order valence-corrected chi connectivity index (χ1v) is 22.1. The maximum atomic E-state index is 12.4. The molecule has 2 aromatic heterocycles. The molecule has 2 aromatic rings. The van der Waals surface area contributed by atoms with Crippen LogP contribution in [0.2, 0.25) is 0 Å². The number of rotatable bonds is 23. The normalized spacial score (nSPS) is 21.5. The first-order chi connectivity index (χ1) is 24.3. The monoisotopic (exact) mass is 915 g/mol. The molecule has 22 nitrogen and oxygen atoms in total. The molecule has 296 valence electrons. The number of aliphatic hydroxyl groups is 2. The Bertz CT molecular complexity index is 1630. The Morgan fingerprint density at radius 1 is 0.923 bits per heavy atom. The van der Waals surface area contributed by atoms with Crippen LogP contribution in [0.5, 0.6) is 0 Å². The Hall–Kier alpha value is -1.69. The largest absolute Gasteiger partial charge is 0.490 e. The lowest BCUT2D eigenvalue weighted by Gasteiger charge is -2.20. The molecule has 1 fully saturated rings. The number of aliphatic hydroxyl groups excluding tert-OH is 2. The molecule has 1 saturated heterocycles. The van der Waals surface area contributed by atoms with E-state index in [9.17, 15) is 43.3 Å². The van der Waals surface area contributed by atoms with Crippen molar-refractivity contribution in [2.24, 2.45) is 0 Å². The number of amides is 2. The fraction of sp³-hybridized carbons (Fsp3) is 0.731. The van der Waals surface area contributed by atoms with E-state index < -0.39 is 54.6 Å². The van der Waals surface area contributed by atoms with E-state index in [1.54, 1.807) is 11.9 Å². The quantitative estimate of drug-likeness (QED) is 0.0358. The number of hydrogen-bond acceptors (Lipinski definition) is 15. The molecule has 2 amide bonds. The SMILES string of the molecule is CN(CCCCCCN(C)c1ncnc2c1ncn2[C@@H]1O[C@H](COP(=O)(O)OP(=O)(O)OP(=O)(O)O)[C@@H](O)[C@H]1O)C(=O)CCCCCNC(=O)CI. The van der Waals surface area contributed by atoms with Crippen molar-refractivity contribution >= 4 is 74.9 Å². The Kier molecular flexibility index (Phi) is 17.4. The zero-order valence-corrected chi connectivity index (χ0v) is 33.3. The maximum Gasteiger partial charge on any atom is 0.490 e. The van der Waals surface area contributed by atoms with Gasteiger partial charge in [-0.1, -0.05) is 41.9 Å². The first-order valence-electron chi connectivity index (χ1n) is 16.1. The van der Waals surface area contributed by atoms with Crippen LogP contribution < -0.4 is 10.2 Å². The lowest BCUT2D eigenvalue weighted by Crippen LogP contribution is -2.33. The van der Waals surface area contributed by atoms with Gasteiger partial charge in [-0.05, 0) is 25.7 Å². The lowest BCUT2D eigenvalue weighted by atomic mass is 10.1. The third kappa shape index (κ3) is 14.2. The number of alkyl halides is 1. The highest BCUT2D eigenvalue weighted by atomic mass is 127. The minimum atomic E-state index is -5.75. The third-order valence-corrected chi connectivity index (χ3v) is 12.3. The van der Waals surface area contributed by atoms with Crippen LogP contribution >= 0.6 is 46.1 Å². The molecule has 6 atom stereocenters. The number of nitrogens with one attached hydrogen (secondary N) is 1. The van der Waals surface area contributed by atoms with Crippen LogP contribution in [0.15, 0.2) is 12.7 Å². The Balaban J connectivity index is 1.45. The maximum absolute atomic E-state index is 12.4. The summed E-state index contributed by atoms with van der Waals surface area (Å²) in [5, 5.41) is 24.0. The summed E-state index contributed by atoms with van der Waals surface area (Å²) in [6.45, 7) is 0.936. The van der Waals surface area contributed by atoms with Crippen molar-refractivity contribution in [2.45, 2.75) is 75.9 Å². The van der Waals surface area contributed by atoms with Gasteiger partial charge < -0.3 is 49.6 Å². The van der Waals surface area contributed by atoms with Crippen molar-refractivity contribution < 1.29 is 71.0 Å². The van der Waals surface area contributed by atoms with Gasteiger partial charge in [-0.15, -0.1) is 0 Å². The highest BCUT2D eigenvalue weighted by Crippen LogP contribution is 2.66. The Morgan fingerprint density at radius 3 is 2.27 bits per heavy atom. The Labute approximate surface area is 312 Å². The summed E-state index contributed by atoms with van der Waals surface area (Å²) in [6.07, 6.45) is 2.94. The van der Waals surface area contributed by atoms with Gasteiger partial charge in [-0.2, -0.15) is 8.62 Å². The number of nitrogens with zero attached hydrogens (tertiary/aromatic N) is 6. The van der Waals surface area contributed by atoms with Crippen LogP contribution in [-0.4, -0.2) is 129 Å². The molecule has 0 bridgehead atoms. The van der Waals surface area contributed by atoms with Crippen molar-refractivity contribution in [2.75, 3.05) is 49.7 Å². The number of unbranched alkanes of at least 4 members (excludes halogenated alkanes) is 5. The fourth-order valence-corrected chi connectivity index (χ4v) is 8.50. The topological polar surface area (TPSA) is 306 Å². The predicted molar refractivity (Wildman–Crippen MR) is 191 cm³/mol. The number of halogens is 1. The van der Waals surface area contributed by atoms with Crippen LogP contribution in [0.3, 0.4) is 0 Å². The summed E-state index contributed by atoms with van der Waals surface area (Å²) in [4.78, 5) is 76.6. The first kappa shape index (κ1) is 44.7. The van der Waals surface area contributed by atoms with Gasteiger partial charge in [-0.3, -0.25) is 18.7 Å². The molecule has 0 saturated carbocycles. The summed E-state index contributed by atoms with van der Waals surface area (Å²) in [7, 11) is -13.2. The average molecular weight is 916 g/mol. The van der Waals surface area contributed by atoms with E-state index in [4.69, 9.17) is 14.5 Å². The van der Waals surface area contributed by atoms with E-state index in [0.717, 1.165) is 44.9 Å². The number of carbonyl (C=O) groups excluding carboxylic acids is 2. The molecule has 52 heavy (non-hydrogen) atoms. The molecule has 0 spiro atoms. The average Bonchev–Trinajstić information content (AvgIpc) is 3.60. The van der Waals surface area contributed by atoms with E-state index >= 15 is 0 Å². The van der Waals surface area contributed by atoms with E-state index in [1.807, 2.05) is 34.5 Å². The lowest BCUT2D eigenvalue weighted by molar-refractivity contribution is -0.130. The molecule has 0 aromatic carbocycles. The van der Waals surface area contributed by atoms with Crippen LogP contribution in [0.1, 0.15) is 57.6 Å². The molecule has 26 heteroatoms.